The molecule has 7 heteroatoms. The van der Waals surface area contributed by atoms with E-state index in [1.54, 1.807) is 30.2 Å². The lowest BCUT2D eigenvalue weighted by Crippen LogP contribution is -2.39. The number of nitrogens with one attached hydrogen (secondary N) is 2. The third-order valence-electron chi connectivity index (χ3n) is 4.41. The lowest BCUT2D eigenvalue weighted by Gasteiger charge is -2.17. The van der Waals surface area contributed by atoms with Crippen LogP contribution in [0.25, 0.3) is 0 Å². The second-order valence-corrected chi connectivity index (χ2v) is 6.63. The molecular formula is C21H25N3O4. The van der Waals surface area contributed by atoms with Gasteiger partial charge < -0.3 is 25.0 Å². The Morgan fingerprint density at radius 3 is 2.75 bits per heavy atom. The highest BCUT2D eigenvalue weighted by atomic mass is 16.5. The van der Waals surface area contributed by atoms with Gasteiger partial charge >= 0.3 is 6.03 Å². The van der Waals surface area contributed by atoms with Crippen LogP contribution in [0.1, 0.15) is 12.0 Å². The van der Waals surface area contributed by atoms with Crippen LogP contribution in [0.5, 0.6) is 5.75 Å². The summed E-state index contributed by atoms with van der Waals surface area (Å²) in [5.74, 6) is 0.697. The highest BCUT2D eigenvalue weighted by Crippen LogP contribution is 2.18. The smallest absolute Gasteiger partial charge is 0.319 e. The van der Waals surface area contributed by atoms with E-state index in [4.69, 9.17) is 9.47 Å². The monoisotopic (exact) mass is 383 g/mol. The molecule has 1 aliphatic heterocycles. The molecule has 1 fully saturated rings. The maximum absolute atomic E-state index is 12.3. The zero-order chi connectivity index (χ0) is 19.8. The predicted molar refractivity (Wildman–Crippen MR) is 106 cm³/mol. The molecule has 0 unspecified atom stereocenters. The van der Waals surface area contributed by atoms with Crippen LogP contribution in [0.3, 0.4) is 0 Å². The number of carbonyl (C=O) groups is 2. The molecule has 7 nitrogen and oxygen atoms in total. The number of likely N-dealkylation sites (tertiary alicyclic amines) is 1. The Bertz CT molecular complexity index is 797. The van der Waals surface area contributed by atoms with Gasteiger partial charge in [0.2, 0.25) is 5.91 Å². The quantitative estimate of drug-likeness (QED) is 0.687. The van der Waals surface area contributed by atoms with Gasteiger partial charge in [0.15, 0.2) is 0 Å². The molecule has 0 aliphatic carbocycles. The molecule has 0 radical (unpaired) electrons. The van der Waals surface area contributed by atoms with Crippen molar-refractivity contribution in [3.05, 3.63) is 60.2 Å². The summed E-state index contributed by atoms with van der Waals surface area (Å²) >= 11 is 0. The van der Waals surface area contributed by atoms with Crippen molar-refractivity contribution in [2.75, 3.05) is 32.2 Å². The van der Waals surface area contributed by atoms with Gasteiger partial charge in [-0.2, -0.15) is 0 Å². The fraction of sp³-hybridized carbons (Fsp3) is 0.333. The van der Waals surface area contributed by atoms with Crippen LogP contribution in [0, 0.1) is 0 Å². The average Bonchev–Trinajstić information content (AvgIpc) is 3.01. The van der Waals surface area contributed by atoms with E-state index in [0.717, 1.165) is 5.56 Å². The largest absolute Gasteiger partial charge is 0.491 e. The van der Waals surface area contributed by atoms with Crippen LogP contribution in [-0.4, -0.2) is 49.7 Å². The Morgan fingerprint density at radius 2 is 1.96 bits per heavy atom. The molecule has 3 rings (SSSR count). The third kappa shape index (κ3) is 5.72. The minimum absolute atomic E-state index is 0.0442. The van der Waals surface area contributed by atoms with Crippen molar-refractivity contribution in [1.29, 1.82) is 0 Å². The number of rotatable bonds is 8. The topological polar surface area (TPSA) is 79.9 Å². The summed E-state index contributed by atoms with van der Waals surface area (Å²) < 4.78 is 10.5. The van der Waals surface area contributed by atoms with Gasteiger partial charge in [0.05, 0.1) is 12.6 Å². The summed E-state index contributed by atoms with van der Waals surface area (Å²) in [6.07, 6.45) is 0.306. The minimum atomic E-state index is -0.339. The lowest BCUT2D eigenvalue weighted by atomic mass is 10.2. The van der Waals surface area contributed by atoms with Crippen molar-refractivity contribution < 1.29 is 19.1 Å². The van der Waals surface area contributed by atoms with E-state index in [-0.39, 0.29) is 18.0 Å². The SMILES string of the molecule is COCCOc1cccc(NC(=O)N[C@H]2CC(=O)N(Cc3ccccc3)C2)c1. The second-order valence-electron chi connectivity index (χ2n) is 6.63. The molecule has 28 heavy (non-hydrogen) atoms. The van der Waals surface area contributed by atoms with E-state index >= 15 is 0 Å². The van der Waals surface area contributed by atoms with Gasteiger partial charge in [-0.25, -0.2) is 4.79 Å². The first-order valence-electron chi connectivity index (χ1n) is 9.25. The van der Waals surface area contributed by atoms with Gasteiger partial charge in [-0.05, 0) is 17.7 Å². The fourth-order valence-electron chi connectivity index (χ4n) is 3.08. The Balaban J connectivity index is 1.48. The zero-order valence-corrected chi connectivity index (χ0v) is 15.9. The Morgan fingerprint density at radius 1 is 1.14 bits per heavy atom. The van der Waals surface area contributed by atoms with E-state index in [1.165, 1.54) is 0 Å². The molecule has 2 aromatic carbocycles. The number of urea groups is 1. The van der Waals surface area contributed by atoms with E-state index in [9.17, 15) is 9.59 Å². The molecule has 1 heterocycles. The second kappa shape index (κ2) is 9.75. The van der Waals surface area contributed by atoms with Gasteiger partial charge in [-0.15, -0.1) is 0 Å². The molecular weight excluding hydrogens is 358 g/mol. The van der Waals surface area contributed by atoms with Gasteiger partial charge in [-0.3, -0.25) is 4.79 Å². The van der Waals surface area contributed by atoms with Crippen molar-refractivity contribution in [1.82, 2.24) is 10.2 Å². The summed E-state index contributed by atoms with van der Waals surface area (Å²) in [6, 6.07) is 16.4. The number of anilines is 1. The van der Waals surface area contributed by atoms with Crippen LogP contribution >= 0.6 is 0 Å². The van der Waals surface area contributed by atoms with Crippen molar-refractivity contribution in [3.63, 3.8) is 0 Å². The molecule has 0 bridgehead atoms. The number of methoxy groups -OCH3 is 1. The fourth-order valence-corrected chi connectivity index (χ4v) is 3.08. The summed E-state index contributed by atoms with van der Waals surface area (Å²) in [6.45, 7) is 1.99. The van der Waals surface area contributed by atoms with Crippen LogP contribution < -0.4 is 15.4 Å². The predicted octanol–water partition coefficient (Wildman–Crippen LogP) is 2.63. The standard InChI is InChI=1S/C21H25N3O4/c1-27-10-11-28-19-9-5-8-17(12-19)22-21(26)23-18-13-20(25)24(15-18)14-16-6-3-2-4-7-16/h2-9,12,18H,10-11,13-15H2,1H3,(H2,22,23,26)/t18-/m0/s1. The van der Waals surface area contributed by atoms with Crippen LogP contribution in [-0.2, 0) is 16.1 Å². The highest BCUT2D eigenvalue weighted by Gasteiger charge is 2.30. The number of carbonyl (C=O) groups excluding carboxylic acids is 2. The molecule has 0 spiro atoms. The van der Waals surface area contributed by atoms with Gasteiger partial charge in [-0.1, -0.05) is 36.4 Å². The Hall–Kier alpha value is -3.06. The average molecular weight is 383 g/mol. The van der Waals surface area contributed by atoms with Crippen molar-refractivity contribution in [3.8, 4) is 5.75 Å². The maximum atomic E-state index is 12.3. The van der Waals surface area contributed by atoms with Crippen LogP contribution in [0.15, 0.2) is 54.6 Å². The van der Waals surface area contributed by atoms with Gasteiger partial charge in [0.25, 0.3) is 0 Å². The van der Waals surface area contributed by atoms with E-state index in [0.29, 0.717) is 44.2 Å². The first-order valence-corrected chi connectivity index (χ1v) is 9.25. The molecule has 0 saturated carbocycles. The molecule has 2 aromatic rings. The number of ether oxygens (including phenoxy) is 2. The molecule has 1 aliphatic rings. The Labute approximate surface area is 164 Å². The number of hydrogen-bond acceptors (Lipinski definition) is 4. The van der Waals surface area contributed by atoms with Crippen molar-refractivity contribution in [2.45, 2.75) is 19.0 Å². The maximum Gasteiger partial charge on any atom is 0.319 e. The minimum Gasteiger partial charge on any atom is -0.491 e. The van der Waals surface area contributed by atoms with Gasteiger partial charge in [0.1, 0.15) is 12.4 Å². The number of hydrogen-bond donors (Lipinski definition) is 2. The molecule has 2 N–H and O–H groups in total. The molecule has 3 amide bonds. The van der Waals surface area contributed by atoms with E-state index in [1.807, 2.05) is 36.4 Å². The van der Waals surface area contributed by atoms with Crippen molar-refractivity contribution in [2.24, 2.45) is 0 Å². The molecule has 0 aromatic heterocycles. The summed E-state index contributed by atoms with van der Waals surface area (Å²) in [4.78, 5) is 26.3. The first-order chi connectivity index (χ1) is 13.6. The number of benzene rings is 2. The molecule has 1 saturated heterocycles. The lowest BCUT2D eigenvalue weighted by molar-refractivity contribution is -0.128. The van der Waals surface area contributed by atoms with E-state index in [2.05, 4.69) is 10.6 Å². The summed E-state index contributed by atoms with van der Waals surface area (Å²) in [5.41, 5.74) is 1.70. The third-order valence-corrected chi connectivity index (χ3v) is 4.41. The van der Waals surface area contributed by atoms with Crippen LogP contribution in [0.2, 0.25) is 0 Å². The highest BCUT2D eigenvalue weighted by molar-refractivity contribution is 5.90. The Kier molecular flexibility index (Phi) is 6.86. The summed E-state index contributed by atoms with van der Waals surface area (Å²) in [5, 5.41) is 5.66. The number of nitrogens with zero attached hydrogens (tertiary/aromatic N) is 1. The van der Waals surface area contributed by atoms with Gasteiger partial charge in [0, 0.05) is 38.4 Å². The molecule has 148 valence electrons. The number of amides is 3. The zero-order valence-electron chi connectivity index (χ0n) is 15.9. The van der Waals surface area contributed by atoms with E-state index < -0.39 is 0 Å². The van der Waals surface area contributed by atoms with Crippen LogP contribution in [0.4, 0.5) is 10.5 Å². The molecule has 1 atom stereocenters. The van der Waals surface area contributed by atoms with Crippen molar-refractivity contribution >= 4 is 17.6 Å². The normalized spacial score (nSPS) is 16.1. The first kappa shape index (κ1) is 19.7. The summed E-state index contributed by atoms with van der Waals surface area (Å²) in [7, 11) is 1.61.